The predicted molar refractivity (Wildman–Crippen MR) is 108 cm³/mol. The summed E-state index contributed by atoms with van der Waals surface area (Å²) in [4.78, 5) is 12.4. The number of ether oxygens (including phenoxy) is 3. The maximum atomic E-state index is 12.4. The zero-order chi connectivity index (χ0) is 20.4. The van der Waals surface area contributed by atoms with E-state index in [0.717, 1.165) is 0 Å². The summed E-state index contributed by atoms with van der Waals surface area (Å²) in [6.45, 7) is 13.4. The maximum absolute atomic E-state index is 12.4. The van der Waals surface area contributed by atoms with Crippen LogP contribution in [0.5, 0.6) is 0 Å². The number of Topliss-reactive ketones (excluding diaryl/α,β-unsaturated/α-hetero) is 1. The highest BCUT2D eigenvalue weighted by Crippen LogP contribution is 2.16. The molecule has 0 rings (SSSR count). The molecule has 0 spiro atoms. The topological polar surface area (TPSA) is 78.9 Å². The number of hydrogen-bond acceptors (Lipinski definition) is 7. The van der Waals surface area contributed by atoms with Crippen molar-refractivity contribution in [2.75, 3.05) is 36.2 Å². The molecule has 26 heavy (non-hydrogen) atoms. The number of carbonyl (C=O) groups is 1. The molecular formula is C18H36O6S2. The Bertz CT molecular complexity index is 500. The van der Waals surface area contributed by atoms with Crippen LogP contribution in [0.3, 0.4) is 0 Å². The second kappa shape index (κ2) is 12.3. The molecule has 1 atom stereocenters. The highest BCUT2D eigenvalue weighted by atomic mass is 32.2. The van der Waals surface area contributed by atoms with E-state index in [0.29, 0.717) is 18.1 Å². The summed E-state index contributed by atoms with van der Waals surface area (Å²) in [6, 6.07) is 0. The summed E-state index contributed by atoms with van der Waals surface area (Å²) in [7, 11) is -3.09. The van der Waals surface area contributed by atoms with Crippen LogP contribution in [-0.2, 0) is 28.8 Å². The van der Waals surface area contributed by atoms with E-state index in [1.807, 2.05) is 27.7 Å². The summed E-state index contributed by atoms with van der Waals surface area (Å²) < 4.78 is 40.2. The Balaban J connectivity index is 4.02. The monoisotopic (exact) mass is 412 g/mol. The van der Waals surface area contributed by atoms with Crippen LogP contribution >= 0.6 is 11.8 Å². The first-order valence-corrected chi connectivity index (χ1v) is 12.1. The minimum Gasteiger partial charge on any atom is -0.378 e. The Hall–Kier alpha value is -0.150. The highest BCUT2D eigenvalue weighted by Gasteiger charge is 2.33. The predicted octanol–water partition coefficient (Wildman–Crippen LogP) is 2.74. The minimum absolute atomic E-state index is 0.0202. The van der Waals surface area contributed by atoms with E-state index in [1.54, 1.807) is 20.8 Å². The molecule has 0 heterocycles. The standard InChI is InChI=1S/C18H36O6S2/c1-14(2)22-9-12-26(20,21)13-11-25-10-8-23-18(6,7)17(19)16(5)24-15(3)4/h14-16H,8-13H2,1-7H3. The zero-order valence-corrected chi connectivity index (χ0v) is 18.9. The molecule has 0 saturated carbocycles. The third-order valence-electron chi connectivity index (χ3n) is 3.51. The molecule has 0 aromatic heterocycles. The van der Waals surface area contributed by atoms with E-state index < -0.39 is 21.5 Å². The quantitative estimate of drug-likeness (QED) is 0.383. The first-order chi connectivity index (χ1) is 11.9. The smallest absolute Gasteiger partial charge is 0.192 e. The van der Waals surface area contributed by atoms with E-state index in [1.165, 1.54) is 11.8 Å². The van der Waals surface area contributed by atoms with E-state index in [-0.39, 0.29) is 36.1 Å². The van der Waals surface area contributed by atoms with Crippen molar-refractivity contribution in [3.63, 3.8) is 0 Å². The van der Waals surface area contributed by atoms with Gasteiger partial charge in [0.05, 0.1) is 36.9 Å². The molecule has 0 aliphatic carbocycles. The molecule has 0 aromatic carbocycles. The van der Waals surface area contributed by atoms with Gasteiger partial charge in [0.25, 0.3) is 0 Å². The van der Waals surface area contributed by atoms with Crippen molar-refractivity contribution in [3.05, 3.63) is 0 Å². The molecule has 0 fully saturated rings. The van der Waals surface area contributed by atoms with Crippen LogP contribution in [0.25, 0.3) is 0 Å². The first-order valence-electron chi connectivity index (χ1n) is 9.11. The molecule has 0 aromatic rings. The number of sulfone groups is 1. The van der Waals surface area contributed by atoms with Crippen LogP contribution in [0.2, 0.25) is 0 Å². The number of hydrogen-bond donors (Lipinski definition) is 0. The number of thioether (sulfide) groups is 1. The van der Waals surface area contributed by atoms with Crippen molar-refractivity contribution in [2.24, 2.45) is 0 Å². The van der Waals surface area contributed by atoms with E-state index >= 15 is 0 Å². The Labute approximate surface area is 163 Å². The van der Waals surface area contributed by atoms with Crippen LogP contribution in [-0.4, -0.2) is 74.3 Å². The zero-order valence-electron chi connectivity index (χ0n) is 17.2. The Kier molecular flexibility index (Phi) is 12.3. The highest BCUT2D eigenvalue weighted by molar-refractivity contribution is 8.00. The van der Waals surface area contributed by atoms with Crippen LogP contribution in [0.4, 0.5) is 0 Å². The van der Waals surface area contributed by atoms with E-state index in [4.69, 9.17) is 14.2 Å². The molecule has 6 nitrogen and oxygen atoms in total. The molecule has 0 saturated heterocycles. The van der Waals surface area contributed by atoms with Crippen LogP contribution < -0.4 is 0 Å². The van der Waals surface area contributed by atoms with Gasteiger partial charge in [0.2, 0.25) is 0 Å². The Morgan fingerprint density at radius 2 is 1.58 bits per heavy atom. The van der Waals surface area contributed by atoms with E-state index in [2.05, 4.69) is 0 Å². The minimum atomic E-state index is -3.09. The molecule has 0 aliphatic heterocycles. The largest absolute Gasteiger partial charge is 0.378 e. The summed E-state index contributed by atoms with van der Waals surface area (Å²) in [5.41, 5.74) is -0.922. The molecule has 8 heteroatoms. The van der Waals surface area contributed by atoms with Crippen LogP contribution in [0.15, 0.2) is 0 Å². The van der Waals surface area contributed by atoms with Gasteiger partial charge in [-0.25, -0.2) is 8.42 Å². The second-order valence-electron chi connectivity index (χ2n) is 7.23. The summed E-state index contributed by atoms with van der Waals surface area (Å²) in [5, 5.41) is 0. The SMILES string of the molecule is CC(C)OCCS(=O)(=O)CCSCCOC(C)(C)C(=O)C(C)OC(C)C. The van der Waals surface area contributed by atoms with Crippen molar-refractivity contribution in [1.29, 1.82) is 0 Å². The lowest BCUT2D eigenvalue weighted by Crippen LogP contribution is -2.43. The van der Waals surface area contributed by atoms with Gasteiger partial charge in [-0.05, 0) is 48.5 Å². The molecule has 0 bridgehead atoms. The van der Waals surface area contributed by atoms with Gasteiger partial charge < -0.3 is 14.2 Å². The fourth-order valence-electron chi connectivity index (χ4n) is 2.19. The summed E-state index contributed by atoms with van der Waals surface area (Å²) in [6.07, 6.45) is -0.500. The average molecular weight is 413 g/mol. The molecule has 0 N–H and O–H groups in total. The summed E-state index contributed by atoms with van der Waals surface area (Å²) in [5.74, 6) is 1.23. The molecule has 1 unspecified atom stereocenters. The van der Waals surface area contributed by atoms with Gasteiger partial charge >= 0.3 is 0 Å². The fraction of sp³-hybridized carbons (Fsp3) is 0.944. The maximum Gasteiger partial charge on any atom is 0.192 e. The number of ketones is 1. The first kappa shape index (κ1) is 25.9. The van der Waals surface area contributed by atoms with Crippen molar-refractivity contribution in [3.8, 4) is 0 Å². The van der Waals surface area contributed by atoms with Crippen molar-refractivity contribution in [2.45, 2.75) is 72.4 Å². The van der Waals surface area contributed by atoms with Gasteiger partial charge in [0, 0.05) is 11.5 Å². The third-order valence-corrected chi connectivity index (χ3v) is 6.34. The van der Waals surface area contributed by atoms with Gasteiger partial charge in [-0.15, -0.1) is 0 Å². The van der Waals surface area contributed by atoms with Gasteiger partial charge in [-0.3, -0.25) is 4.79 Å². The lowest BCUT2D eigenvalue weighted by Gasteiger charge is -2.27. The van der Waals surface area contributed by atoms with Crippen molar-refractivity contribution in [1.82, 2.24) is 0 Å². The average Bonchev–Trinajstić information content (AvgIpc) is 2.48. The Morgan fingerprint density at radius 1 is 0.962 bits per heavy atom. The van der Waals surface area contributed by atoms with E-state index in [9.17, 15) is 13.2 Å². The molecule has 0 radical (unpaired) electrons. The number of carbonyl (C=O) groups excluding carboxylic acids is 1. The third kappa shape index (κ3) is 12.3. The second-order valence-corrected chi connectivity index (χ2v) is 10.8. The van der Waals surface area contributed by atoms with Gasteiger partial charge in [-0.1, -0.05) is 0 Å². The summed E-state index contributed by atoms with van der Waals surface area (Å²) >= 11 is 1.50. The fourth-order valence-corrected chi connectivity index (χ4v) is 4.63. The normalized spacial score (nSPS) is 14.2. The van der Waals surface area contributed by atoms with Crippen LogP contribution in [0.1, 0.15) is 48.5 Å². The van der Waals surface area contributed by atoms with Crippen molar-refractivity contribution < 1.29 is 27.4 Å². The lowest BCUT2D eigenvalue weighted by atomic mass is 9.99. The molecule has 0 aliphatic rings. The number of rotatable bonds is 15. The lowest BCUT2D eigenvalue weighted by molar-refractivity contribution is -0.153. The van der Waals surface area contributed by atoms with Gasteiger partial charge in [-0.2, -0.15) is 11.8 Å². The molecule has 156 valence electrons. The van der Waals surface area contributed by atoms with Crippen molar-refractivity contribution >= 4 is 27.4 Å². The van der Waals surface area contributed by atoms with Gasteiger partial charge in [0.15, 0.2) is 15.6 Å². The molecular weight excluding hydrogens is 376 g/mol. The van der Waals surface area contributed by atoms with Gasteiger partial charge in [0.1, 0.15) is 11.7 Å². The molecule has 0 amide bonds. The Morgan fingerprint density at radius 3 is 2.12 bits per heavy atom. The van der Waals surface area contributed by atoms with Crippen LogP contribution in [0, 0.1) is 0 Å².